The fourth-order valence-corrected chi connectivity index (χ4v) is 4.40. The van der Waals surface area contributed by atoms with Gasteiger partial charge in [0.2, 0.25) is 11.8 Å². The van der Waals surface area contributed by atoms with Gasteiger partial charge >= 0.3 is 0 Å². The molecule has 4 rings (SSSR count). The van der Waals surface area contributed by atoms with Crippen LogP contribution >= 0.6 is 0 Å². The topological polar surface area (TPSA) is 65.5 Å². The molecule has 2 aliphatic heterocycles. The number of piperidine rings is 1. The molecule has 1 aromatic carbocycles. The molecular weight excluding hydrogens is 388 g/mol. The lowest BCUT2D eigenvalue weighted by atomic mass is 9.89. The first-order chi connectivity index (χ1) is 15.0. The van der Waals surface area contributed by atoms with Gasteiger partial charge in [-0.1, -0.05) is 26.0 Å². The fourth-order valence-electron chi connectivity index (χ4n) is 4.40. The van der Waals surface area contributed by atoms with E-state index in [0.29, 0.717) is 5.92 Å². The van der Waals surface area contributed by atoms with Crippen molar-refractivity contribution in [1.29, 1.82) is 0 Å². The molecule has 0 bridgehead atoms. The number of aromatic nitrogens is 1. The van der Waals surface area contributed by atoms with Crippen molar-refractivity contribution in [2.24, 2.45) is 11.8 Å². The van der Waals surface area contributed by atoms with Crippen molar-refractivity contribution >= 4 is 23.2 Å². The van der Waals surface area contributed by atoms with Crippen LogP contribution in [-0.2, 0) is 9.59 Å². The summed E-state index contributed by atoms with van der Waals surface area (Å²) in [6, 6.07) is 12.2. The monoisotopic (exact) mass is 420 g/mol. The number of amides is 2. The predicted octanol–water partition coefficient (Wildman–Crippen LogP) is 3.91. The highest BCUT2D eigenvalue weighted by Crippen LogP contribution is 2.30. The Labute approximate surface area is 184 Å². The van der Waals surface area contributed by atoms with Gasteiger partial charge in [-0.05, 0) is 55.0 Å². The maximum absolute atomic E-state index is 12.5. The van der Waals surface area contributed by atoms with Gasteiger partial charge in [-0.3, -0.25) is 14.6 Å². The molecular formula is C25H32N4O2. The van der Waals surface area contributed by atoms with Crippen LogP contribution in [0.15, 0.2) is 48.8 Å². The van der Waals surface area contributed by atoms with E-state index >= 15 is 0 Å². The minimum atomic E-state index is 0.00672. The Morgan fingerprint density at radius 2 is 1.84 bits per heavy atom. The highest BCUT2D eigenvalue weighted by Gasteiger charge is 2.33. The Morgan fingerprint density at radius 1 is 1.13 bits per heavy atom. The minimum Gasteiger partial charge on any atom is -0.369 e. The van der Waals surface area contributed by atoms with Crippen molar-refractivity contribution in [3.63, 3.8) is 0 Å². The van der Waals surface area contributed by atoms with E-state index in [9.17, 15) is 9.59 Å². The maximum Gasteiger partial charge on any atom is 0.231 e. The minimum absolute atomic E-state index is 0.00672. The van der Waals surface area contributed by atoms with Crippen LogP contribution in [0.2, 0.25) is 0 Å². The standard InChI is InChI=1S/C25H32N4O2/c1-3-18(2)25(31)28-13-10-20(11-14-28)19-6-8-22(9-7-19)27-24(30)21-16-29(17-21)23-5-4-12-26-15-23/h4-9,12,15,18,20-21H,3,10-11,13-14,16-17H2,1-2H3,(H,27,30)/t18-/m0/s1. The van der Waals surface area contributed by atoms with Crippen LogP contribution < -0.4 is 10.2 Å². The largest absolute Gasteiger partial charge is 0.369 e. The number of benzene rings is 1. The first-order valence-electron chi connectivity index (χ1n) is 11.4. The van der Waals surface area contributed by atoms with E-state index in [1.54, 1.807) is 6.20 Å². The van der Waals surface area contributed by atoms with Crippen LogP contribution in [-0.4, -0.2) is 47.9 Å². The number of carbonyl (C=O) groups excluding carboxylic acids is 2. The van der Waals surface area contributed by atoms with Crippen LogP contribution in [0.5, 0.6) is 0 Å². The highest BCUT2D eigenvalue weighted by molar-refractivity contribution is 5.94. The SMILES string of the molecule is CC[C@H](C)C(=O)N1CCC(c2ccc(NC(=O)C3CN(c4cccnc4)C3)cc2)CC1. The van der Waals surface area contributed by atoms with E-state index < -0.39 is 0 Å². The first-order valence-corrected chi connectivity index (χ1v) is 11.4. The zero-order chi connectivity index (χ0) is 21.8. The highest BCUT2D eigenvalue weighted by atomic mass is 16.2. The number of rotatable bonds is 6. The van der Waals surface area contributed by atoms with Gasteiger partial charge < -0.3 is 15.1 Å². The summed E-state index contributed by atoms with van der Waals surface area (Å²) in [5, 5.41) is 3.05. The molecule has 2 saturated heterocycles. The number of pyridine rings is 1. The van der Waals surface area contributed by atoms with E-state index in [0.717, 1.165) is 56.8 Å². The number of hydrogen-bond acceptors (Lipinski definition) is 4. The quantitative estimate of drug-likeness (QED) is 0.770. The van der Waals surface area contributed by atoms with Gasteiger partial charge in [0.25, 0.3) is 0 Å². The Balaban J connectivity index is 1.25. The average molecular weight is 421 g/mol. The summed E-state index contributed by atoms with van der Waals surface area (Å²) in [6.45, 7) is 7.20. The summed E-state index contributed by atoms with van der Waals surface area (Å²) in [5.74, 6) is 0.964. The summed E-state index contributed by atoms with van der Waals surface area (Å²) >= 11 is 0. The lowest BCUT2D eigenvalue weighted by Crippen LogP contribution is -2.52. The van der Waals surface area contributed by atoms with Crippen molar-refractivity contribution in [3.8, 4) is 0 Å². The molecule has 1 atom stereocenters. The number of nitrogens with zero attached hydrogens (tertiary/aromatic N) is 3. The molecule has 2 fully saturated rings. The van der Waals surface area contributed by atoms with Gasteiger partial charge in [-0.2, -0.15) is 0 Å². The molecule has 1 aromatic heterocycles. The molecule has 0 aliphatic carbocycles. The van der Waals surface area contributed by atoms with Crippen LogP contribution in [0.25, 0.3) is 0 Å². The van der Waals surface area contributed by atoms with Crippen molar-refractivity contribution < 1.29 is 9.59 Å². The molecule has 2 aliphatic rings. The molecule has 3 heterocycles. The summed E-state index contributed by atoms with van der Waals surface area (Å²) < 4.78 is 0. The van der Waals surface area contributed by atoms with E-state index in [2.05, 4.69) is 34.3 Å². The summed E-state index contributed by atoms with van der Waals surface area (Å²) in [5.41, 5.74) is 3.20. The average Bonchev–Trinajstić information content (AvgIpc) is 2.78. The maximum atomic E-state index is 12.5. The van der Waals surface area contributed by atoms with Crippen molar-refractivity contribution in [2.45, 2.75) is 39.0 Å². The van der Waals surface area contributed by atoms with Gasteiger partial charge in [0.15, 0.2) is 0 Å². The summed E-state index contributed by atoms with van der Waals surface area (Å²) in [6.07, 6.45) is 6.49. The molecule has 2 aromatic rings. The van der Waals surface area contributed by atoms with Gasteiger partial charge in [-0.15, -0.1) is 0 Å². The van der Waals surface area contributed by atoms with Crippen LogP contribution in [0.1, 0.15) is 44.6 Å². The molecule has 31 heavy (non-hydrogen) atoms. The van der Waals surface area contributed by atoms with Crippen molar-refractivity contribution in [3.05, 3.63) is 54.4 Å². The number of anilines is 2. The number of hydrogen-bond donors (Lipinski definition) is 1. The van der Waals surface area contributed by atoms with Crippen molar-refractivity contribution in [2.75, 3.05) is 36.4 Å². The second-order valence-electron chi connectivity index (χ2n) is 8.83. The van der Waals surface area contributed by atoms with Crippen LogP contribution in [0, 0.1) is 11.8 Å². The zero-order valence-corrected chi connectivity index (χ0v) is 18.5. The molecule has 0 radical (unpaired) electrons. The molecule has 0 saturated carbocycles. The third-order valence-corrected chi connectivity index (χ3v) is 6.75. The third kappa shape index (κ3) is 4.89. The summed E-state index contributed by atoms with van der Waals surface area (Å²) in [4.78, 5) is 33.3. The Morgan fingerprint density at radius 3 is 2.45 bits per heavy atom. The number of likely N-dealkylation sites (tertiary alicyclic amines) is 1. The van der Waals surface area contributed by atoms with E-state index in [1.165, 1.54) is 5.56 Å². The fraction of sp³-hybridized carbons (Fsp3) is 0.480. The molecule has 164 valence electrons. The van der Waals surface area contributed by atoms with Gasteiger partial charge in [0.05, 0.1) is 17.8 Å². The van der Waals surface area contributed by atoms with Gasteiger partial charge in [-0.25, -0.2) is 0 Å². The number of carbonyl (C=O) groups is 2. The molecule has 0 unspecified atom stereocenters. The smallest absolute Gasteiger partial charge is 0.231 e. The van der Waals surface area contributed by atoms with Crippen molar-refractivity contribution in [1.82, 2.24) is 9.88 Å². The Hall–Kier alpha value is -2.89. The van der Waals surface area contributed by atoms with E-state index in [-0.39, 0.29) is 23.7 Å². The van der Waals surface area contributed by atoms with Crippen LogP contribution in [0.3, 0.4) is 0 Å². The predicted molar refractivity (Wildman–Crippen MR) is 123 cm³/mol. The van der Waals surface area contributed by atoms with E-state index in [1.807, 2.05) is 42.3 Å². The van der Waals surface area contributed by atoms with Crippen LogP contribution in [0.4, 0.5) is 11.4 Å². The molecule has 2 amide bonds. The Bertz CT molecular complexity index is 885. The lowest BCUT2D eigenvalue weighted by molar-refractivity contribution is -0.136. The van der Waals surface area contributed by atoms with Gasteiger partial charge in [0.1, 0.15) is 0 Å². The molecule has 6 heteroatoms. The molecule has 6 nitrogen and oxygen atoms in total. The zero-order valence-electron chi connectivity index (χ0n) is 18.5. The first kappa shape index (κ1) is 21.3. The van der Waals surface area contributed by atoms with E-state index in [4.69, 9.17) is 0 Å². The number of nitrogens with one attached hydrogen (secondary N) is 1. The molecule has 1 N–H and O–H groups in total. The van der Waals surface area contributed by atoms with Gasteiger partial charge in [0, 0.05) is 44.0 Å². The summed E-state index contributed by atoms with van der Waals surface area (Å²) in [7, 11) is 0. The lowest BCUT2D eigenvalue weighted by Gasteiger charge is -2.39. The second kappa shape index (κ2) is 9.50. The second-order valence-corrected chi connectivity index (χ2v) is 8.83. The Kier molecular flexibility index (Phi) is 6.54. The third-order valence-electron chi connectivity index (χ3n) is 6.75. The normalized spacial score (nSPS) is 18.4. The molecule has 0 spiro atoms.